The van der Waals surface area contributed by atoms with Gasteiger partial charge in [0.1, 0.15) is 6.04 Å². The van der Waals surface area contributed by atoms with Gasteiger partial charge in [0, 0.05) is 0 Å². The van der Waals surface area contributed by atoms with Crippen molar-refractivity contribution in [2.45, 2.75) is 32.2 Å². The molecule has 0 aliphatic rings. The van der Waals surface area contributed by atoms with Gasteiger partial charge in [0.25, 0.3) is 0 Å². The van der Waals surface area contributed by atoms with Crippen molar-refractivity contribution >= 4 is 12.1 Å². The number of carboxylic acids is 1. The Balaban J connectivity index is 3.84. The lowest BCUT2D eigenvalue weighted by Crippen LogP contribution is -2.42. The number of nitrogens with one attached hydrogen (secondary N) is 1. The van der Waals surface area contributed by atoms with Crippen molar-refractivity contribution in [3.63, 3.8) is 0 Å². The van der Waals surface area contributed by atoms with Crippen LogP contribution in [0.1, 0.15) is 26.2 Å². The van der Waals surface area contributed by atoms with Gasteiger partial charge in [-0.1, -0.05) is 13.3 Å². The lowest BCUT2D eigenvalue weighted by Gasteiger charge is -2.13. The number of hydrogen-bond acceptors (Lipinski definition) is 4. The summed E-state index contributed by atoms with van der Waals surface area (Å²) in [6.07, 6.45) is 1.17. The van der Waals surface area contributed by atoms with E-state index in [2.05, 4.69) is 5.32 Å². The van der Waals surface area contributed by atoms with Gasteiger partial charge in [-0.15, -0.1) is 0 Å². The molecule has 0 saturated carbocycles. The Hall–Kier alpha value is -1.30. The van der Waals surface area contributed by atoms with Crippen LogP contribution in [-0.2, 0) is 9.53 Å². The zero-order valence-electron chi connectivity index (χ0n) is 8.86. The third-order valence-electron chi connectivity index (χ3n) is 1.78. The van der Waals surface area contributed by atoms with Crippen LogP contribution in [0.2, 0.25) is 0 Å². The molecule has 0 heterocycles. The van der Waals surface area contributed by atoms with Crippen LogP contribution in [0.25, 0.3) is 0 Å². The second-order valence-corrected chi connectivity index (χ2v) is 3.10. The van der Waals surface area contributed by atoms with Crippen molar-refractivity contribution in [3.05, 3.63) is 0 Å². The largest absolute Gasteiger partial charge is 0.480 e. The van der Waals surface area contributed by atoms with Crippen molar-refractivity contribution in [1.29, 1.82) is 0 Å². The van der Waals surface area contributed by atoms with Gasteiger partial charge in [0.15, 0.2) is 0 Å². The maximum absolute atomic E-state index is 11.1. The molecule has 0 aromatic carbocycles. The monoisotopic (exact) mass is 218 g/mol. The predicted molar refractivity (Wildman–Crippen MR) is 54.5 cm³/mol. The molecule has 0 aromatic rings. The molecule has 0 aliphatic carbocycles. The van der Waals surface area contributed by atoms with Crippen LogP contribution in [0.15, 0.2) is 0 Å². The Bertz CT molecular complexity index is 208. The van der Waals surface area contributed by atoms with E-state index in [1.165, 1.54) is 0 Å². The smallest absolute Gasteiger partial charge is 0.407 e. The summed E-state index contributed by atoms with van der Waals surface area (Å²) >= 11 is 0. The molecule has 0 aliphatic heterocycles. The van der Waals surface area contributed by atoms with E-state index in [9.17, 15) is 9.59 Å². The van der Waals surface area contributed by atoms with Gasteiger partial charge in [-0.2, -0.15) is 0 Å². The number of amides is 1. The Morgan fingerprint density at radius 1 is 1.53 bits per heavy atom. The molecule has 0 unspecified atom stereocenters. The molecule has 0 aromatic heterocycles. The second kappa shape index (κ2) is 8.05. The Morgan fingerprint density at radius 2 is 2.20 bits per heavy atom. The first kappa shape index (κ1) is 13.7. The maximum atomic E-state index is 11.1. The number of alkyl carbamates (subject to hydrolysis) is 1. The molecule has 1 atom stereocenters. The summed E-state index contributed by atoms with van der Waals surface area (Å²) in [5.41, 5.74) is 5.21. The quantitative estimate of drug-likeness (QED) is 0.534. The normalized spacial score (nSPS) is 11.9. The number of rotatable bonds is 7. The van der Waals surface area contributed by atoms with E-state index in [0.29, 0.717) is 6.61 Å². The number of nitrogens with two attached hydrogens (primary N) is 1. The molecule has 6 heteroatoms. The van der Waals surface area contributed by atoms with Crippen LogP contribution in [-0.4, -0.2) is 36.4 Å². The first-order chi connectivity index (χ1) is 7.11. The van der Waals surface area contributed by atoms with E-state index < -0.39 is 18.1 Å². The minimum atomic E-state index is -1.10. The highest BCUT2D eigenvalue weighted by atomic mass is 16.5. The number of aliphatic carboxylic acids is 1. The van der Waals surface area contributed by atoms with Gasteiger partial charge in [0.05, 0.1) is 6.61 Å². The lowest BCUT2D eigenvalue weighted by atomic mass is 10.2. The number of carbonyl (C=O) groups is 2. The molecular weight excluding hydrogens is 200 g/mol. The van der Waals surface area contributed by atoms with E-state index in [4.69, 9.17) is 15.6 Å². The van der Waals surface area contributed by atoms with Crippen LogP contribution >= 0.6 is 0 Å². The zero-order valence-corrected chi connectivity index (χ0v) is 8.86. The molecule has 0 saturated heterocycles. The first-order valence-electron chi connectivity index (χ1n) is 4.98. The van der Waals surface area contributed by atoms with E-state index >= 15 is 0 Å². The molecule has 0 radical (unpaired) electrons. The number of unbranched alkanes of at least 4 members (excludes halogenated alkanes) is 1. The van der Waals surface area contributed by atoms with E-state index in [1.807, 2.05) is 6.92 Å². The molecule has 4 N–H and O–H groups in total. The summed E-state index contributed by atoms with van der Waals surface area (Å²) in [7, 11) is 0. The Morgan fingerprint density at radius 3 is 2.67 bits per heavy atom. The Labute approximate surface area is 88.8 Å². The third-order valence-corrected chi connectivity index (χ3v) is 1.78. The van der Waals surface area contributed by atoms with Crippen molar-refractivity contribution < 1.29 is 19.4 Å². The molecule has 6 nitrogen and oxygen atoms in total. The summed E-state index contributed by atoms with van der Waals surface area (Å²) < 4.78 is 4.76. The van der Waals surface area contributed by atoms with Crippen LogP contribution < -0.4 is 11.1 Å². The van der Waals surface area contributed by atoms with Gasteiger partial charge in [-0.3, -0.25) is 0 Å². The maximum Gasteiger partial charge on any atom is 0.407 e. The Kier molecular flexibility index (Phi) is 7.35. The molecule has 0 fully saturated rings. The van der Waals surface area contributed by atoms with Crippen LogP contribution in [0.4, 0.5) is 4.79 Å². The fourth-order valence-corrected chi connectivity index (χ4v) is 0.917. The fraction of sp³-hybridized carbons (Fsp3) is 0.778. The van der Waals surface area contributed by atoms with Gasteiger partial charge in [0.2, 0.25) is 0 Å². The minimum Gasteiger partial charge on any atom is -0.480 e. The summed E-state index contributed by atoms with van der Waals surface area (Å²) in [5.74, 6) is -1.10. The predicted octanol–water partition coefficient (Wildman–Crippen LogP) is 0.315. The van der Waals surface area contributed by atoms with Gasteiger partial charge < -0.3 is 20.9 Å². The van der Waals surface area contributed by atoms with Crippen molar-refractivity contribution in [3.8, 4) is 0 Å². The molecule has 0 rings (SSSR count). The molecular formula is C9H18N2O4. The minimum absolute atomic E-state index is 0.193. The number of carboxylic acid groups (broad SMARTS) is 1. The van der Waals surface area contributed by atoms with E-state index in [0.717, 1.165) is 12.8 Å². The lowest BCUT2D eigenvalue weighted by molar-refractivity contribution is -0.139. The van der Waals surface area contributed by atoms with Gasteiger partial charge in [-0.05, 0) is 19.4 Å². The first-order valence-corrected chi connectivity index (χ1v) is 4.98. The standard InChI is InChI=1S/C9H18N2O4/c1-2-3-6-15-9(14)11-7(4-5-10)8(12)13/h7H,2-6,10H2,1H3,(H,11,14)(H,12,13)/t7-/m0/s1. The number of hydrogen-bond donors (Lipinski definition) is 3. The number of ether oxygens (including phenoxy) is 1. The van der Waals surface area contributed by atoms with E-state index in [-0.39, 0.29) is 13.0 Å². The topological polar surface area (TPSA) is 102 Å². The molecule has 0 spiro atoms. The molecule has 88 valence electrons. The summed E-state index contributed by atoms with van der Waals surface area (Å²) in [6, 6.07) is -0.968. The summed E-state index contributed by atoms with van der Waals surface area (Å²) in [4.78, 5) is 21.7. The van der Waals surface area contributed by atoms with Crippen LogP contribution in [0.5, 0.6) is 0 Å². The average molecular weight is 218 g/mol. The molecule has 0 bridgehead atoms. The molecule has 1 amide bonds. The van der Waals surface area contributed by atoms with Crippen molar-refractivity contribution in [2.75, 3.05) is 13.2 Å². The highest BCUT2D eigenvalue weighted by Gasteiger charge is 2.19. The fourth-order valence-electron chi connectivity index (χ4n) is 0.917. The highest BCUT2D eigenvalue weighted by Crippen LogP contribution is 1.93. The van der Waals surface area contributed by atoms with Crippen molar-refractivity contribution in [2.24, 2.45) is 5.73 Å². The van der Waals surface area contributed by atoms with Crippen LogP contribution in [0, 0.1) is 0 Å². The van der Waals surface area contributed by atoms with Crippen LogP contribution in [0.3, 0.4) is 0 Å². The highest BCUT2D eigenvalue weighted by molar-refractivity contribution is 5.79. The van der Waals surface area contributed by atoms with Gasteiger partial charge >= 0.3 is 12.1 Å². The second-order valence-electron chi connectivity index (χ2n) is 3.10. The zero-order chi connectivity index (χ0) is 11.7. The van der Waals surface area contributed by atoms with Gasteiger partial charge in [-0.25, -0.2) is 9.59 Å². The third kappa shape index (κ3) is 6.73. The summed E-state index contributed by atoms with van der Waals surface area (Å²) in [5, 5.41) is 10.9. The average Bonchev–Trinajstić information content (AvgIpc) is 2.17. The number of carbonyl (C=O) groups excluding carboxylic acids is 1. The molecule has 15 heavy (non-hydrogen) atoms. The van der Waals surface area contributed by atoms with E-state index in [1.54, 1.807) is 0 Å². The SMILES string of the molecule is CCCCOC(=O)N[C@@H](CCN)C(=O)O. The summed E-state index contributed by atoms with van der Waals surface area (Å²) in [6.45, 7) is 2.47. The van der Waals surface area contributed by atoms with Crippen molar-refractivity contribution in [1.82, 2.24) is 5.32 Å².